The highest BCUT2D eigenvalue weighted by Gasteiger charge is 2.39. The van der Waals surface area contributed by atoms with Crippen LogP contribution < -0.4 is 15.0 Å². The number of hydrogen-bond acceptors (Lipinski definition) is 9. The second-order valence-electron chi connectivity index (χ2n) is 9.81. The largest absolute Gasteiger partial charge is 0.494 e. The summed E-state index contributed by atoms with van der Waals surface area (Å²) in [5.74, 6) is -0.304. The fourth-order valence-electron chi connectivity index (χ4n) is 3.71. The van der Waals surface area contributed by atoms with E-state index in [1.54, 1.807) is 51.2 Å². The normalized spacial score (nSPS) is 19.5. The Balaban J connectivity index is 1.65. The zero-order chi connectivity index (χ0) is 27.1. The summed E-state index contributed by atoms with van der Waals surface area (Å²) in [7, 11) is 1.41. The van der Waals surface area contributed by atoms with Gasteiger partial charge in [-0.05, 0) is 50.6 Å². The minimum absolute atomic E-state index is 0.0372. The molecule has 1 amide bonds. The molecular formula is C26H33FN4O6. The highest BCUT2D eigenvalue weighted by molar-refractivity contribution is 5.69. The average Bonchev–Trinajstić information content (AvgIpc) is 2.86. The van der Waals surface area contributed by atoms with E-state index in [1.165, 1.54) is 13.2 Å². The monoisotopic (exact) mass is 516 g/mol. The van der Waals surface area contributed by atoms with Crippen molar-refractivity contribution in [3.63, 3.8) is 0 Å². The SMILES string of the molecule is COc1ccc(CN(CCC2OCC(CO)(NC(=O)OC(C)(C)C)CO2)c2ccc(C#N)nc2)cc1F. The lowest BCUT2D eigenvalue weighted by atomic mass is 10.0. The van der Waals surface area contributed by atoms with E-state index in [0.29, 0.717) is 25.1 Å². The summed E-state index contributed by atoms with van der Waals surface area (Å²) in [5, 5.41) is 21.6. The molecule has 200 valence electrons. The van der Waals surface area contributed by atoms with Gasteiger partial charge in [0.1, 0.15) is 22.9 Å². The van der Waals surface area contributed by atoms with E-state index >= 15 is 0 Å². The van der Waals surface area contributed by atoms with Crippen molar-refractivity contribution in [2.24, 2.45) is 0 Å². The number of aliphatic hydroxyl groups is 1. The van der Waals surface area contributed by atoms with Gasteiger partial charge >= 0.3 is 6.09 Å². The second-order valence-corrected chi connectivity index (χ2v) is 9.81. The van der Waals surface area contributed by atoms with Gasteiger partial charge in [-0.1, -0.05) is 6.07 Å². The fourth-order valence-corrected chi connectivity index (χ4v) is 3.71. The Kier molecular flexibility index (Phi) is 9.26. The van der Waals surface area contributed by atoms with E-state index in [9.17, 15) is 14.3 Å². The second kappa shape index (κ2) is 12.2. The van der Waals surface area contributed by atoms with Gasteiger partial charge in [0.25, 0.3) is 0 Å². The van der Waals surface area contributed by atoms with Crippen molar-refractivity contribution < 1.29 is 33.2 Å². The number of halogens is 1. The van der Waals surface area contributed by atoms with Crippen molar-refractivity contribution >= 4 is 11.8 Å². The number of nitriles is 1. The van der Waals surface area contributed by atoms with Crippen LogP contribution in [0.3, 0.4) is 0 Å². The van der Waals surface area contributed by atoms with Gasteiger partial charge in [-0.15, -0.1) is 0 Å². The van der Waals surface area contributed by atoms with Crippen molar-refractivity contribution in [3.8, 4) is 11.8 Å². The number of alkyl carbamates (subject to hydrolysis) is 1. The Labute approximate surface area is 215 Å². The molecule has 1 aromatic carbocycles. The number of ether oxygens (including phenoxy) is 4. The Hall–Kier alpha value is -3.46. The van der Waals surface area contributed by atoms with E-state index in [-0.39, 0.29) is 31.3 Å². The molecule has 0 radical (unpaired) electrons. The minimum Gasteiger partial charge on any atom is -0.494 e. The number of aliphatic hydroxyl groups excluding tert-OH is 1. The van der Waals surface area contributed by atoms with Crippen LogP contribution >= 0.6 is 0 Å². The number of nitrogens with zero attached hydrogens (tertiary/aromatic N) is 3. The van der Waals surface area contributed by atoms with Gasteiger partial charge in [0, 0.05) is 19.5 Å². The van der Waals surface area contributed by atoms with Gasteiger partial charge in [-0.25, -0.2) is 14.2 Å². The van der Waals surface area contributed by atoms with Crippen LogP contribution in [0.1, 0.15) is 38.4 Å². The third kappa shape index (κ3) is 8.01. The van der Waals surface area contributed by atoms with Gasteiger partial charge in [-0.3, -0.25) is 0 Å². The lowest BCUT2D eigenvalue weighted by Crippen LogP contribution is -2.62. The van der Waals surface area contributed by atoms with Crippen LogP contribution in [0.5, 0.6) is 5.75 Å². The maximum absolute atomic E-state index is 14.3. The topological polar surface area (TPSA) is 126 Å². The van der Waals surface area contributed by atoms with Crippen molar-refractivity contribution in [3.05, 3.63) is 53.6 Å². The molecular weight excluding hydrogens is 483 g/mol. The summed E-state index contributed by atoms with van der Waals surface area (Å²) in [6.45, 7) is 5.75. The maximum Gasteiger partial charge on any atom is 0.408 e. The molecule has 0 atom stereocenters. The Morgan fingerprint density at radius 1 is 1.32 bits per heavy atom. The van der Waals surface area contributed by atoms with Crippen LogP contribution in [0.2, 0.25) is 0 Å². The molecule has 0 bridgehead atoms. The van der Waals surface area contributed by atoms with Crippen molar-refractivity contribution in [2.75, 3.05) is 38.4 Å². The fraction of sp³-hybridized carbons (Fsp3) is 0.500. The first-order valence-corrected chi connectivity index (χ1v) is 11.9. The van der Waals surface area contributed by atoms with E-state index in [2.05, 4.69) is 10.3 Å². The van der Waals surface area contributed by atoms with Crippen molar-refractivity contribution in [2.45, 2.75) is 51.2 Å². The molecule has 1 aliphatic heterocycles. The van der Waals surface area contributed by atoms with Crippen LogP contribution in [0, 0.1) is 17.1 Å². The van der Waals surface area contributed by atoms with Gasteiger partial charge in [0.2, 0.25) is 0 Å². The van der Waals surface area contributed by atoms with Gasteiger partial charge < -0.3 is 34.3 Å². The predicted octanol–water partition coefficient (Wildman–Crippen LogP) is 3.13. The summed E-state index contributed by atoms with van der Waals surface area (Å²) in [5.41, 5.74) is -0.0563. The number of amides is 1. The molecule has 11 heteroatoms. The number of methoxy groups -OCH3 is 1. The number of pyridine rings is 1. The first-order chi connectivity index (χ1) is 17.6. The average molecular weight is 517 g/mol. The Morgan fingerprint density at radius 2 is 2.05 bits per heavy atom. The first kappa shape index (κ1) is 28.1. The highest BCUT2D eigenvalue weighted by atomic mass is 19.1. The third-order valence-corrected chi connectivity index (χ3v) is 5.61. The molecule has 10 nitrogen and oxygen atoms in total. The molecule has 0 unspecified atom stereocenters. The molecule has 0 saturated carbocycles. The van der Waals surface area contributed by atoms with Crippen molar-refractivity contribution in [1.82, 2.24) is 10.3 Å². The summed E-state index contributed by atoms with van der Waals surface area (Å²) in [4.78, 5) is 18.3. The molecule has 0 aliphatic carbocycles. The molecule has 1 aliphatic rings. The number of benzene rings is 1. The number of hydrogen-bond donors (Lipinski definition) is 2. The maximum atomic E-state index is 14.3. The predicted molar refractivity (Wildman–Crippen MR) is 132 cm³/mol. The molecule has 3 rings (SSSR count). The summed E-state index contributed by atoms with van der Waals surface area (Å²) in [6, 6.07) is 10.1. The molecule has 1 fully saturated rings. The zero-order valence-corrected chi connectivity index (χ0v) is 21.5. The van der Waals surface area contributed by atoms with Crippen LogP contribution in [-0.4, -0.2) is 67.1 Å². The molecule has 0 spiro atoms. The van der Waals surface area contributed by atoms with Crippen LogP contribution in [0.25, 0.3) is 0 Å². The van der Waals surface area contributed by atoms with Crippen molar-refractivity contribution in [1.29, 1.82) is 5.26 Å². The molecule has 2 heterocycles. The van der Waals surface area contributed by atoms with E-state index in [1.807, 2.05) is 11.0 Å². The number of carbonyl (C=O) groups is 1. The molecule has 1 aromatic heterocycles. The van der Waals surface area contributed by atoms with Gasteiger partial charge in [-0.2, -0.15) is 5.26 Å². The van der Waals surface area contributed by atoms with Gasteiger partial charge in [0.05, 0.1) is 38.8 Å². The minimum atomic E-state index is -1.11. The summed E-state index contributed by atoms with van der Waals surface area (Å²) >= 11 is 0. The number of anilines is 1. The summed E-state index contributed by atoms with van der Waals surface area (Å²) in [6.07, 6.45) is 0.759. The highest BCUT2D eigenvalue weighted by Crippen LogP contribution is 2.24. The first-order valence-electron chi connectivity index (χ1n) is 11.9. The number of carbonyl (C=O) groups excluding carboxylic acids is 1. The number of nitrogens with one attached hydrogen (secondary N) is 1. The lowest BCUT2D eigenvalue weighted by Gasteiger charge is -2.40. The lowest BCUT2D eigenvalue weighted by molar-refractivity contribution is -0.218. The Bertz CT molecular complexity index is 1090. The zero-order valence-electron chi connectivity index (χ0n) is 21.5. The third-order valence-electron chi connectivity index (χ3n) is 5.61. The number of aromatic nitrogens is 1. The summed E-state index contributed by atoms with van der Waals surface area (Å²) < 4.78 is 36.2. The number of rotatable bonds is 9. The molecule has 2 N–H and O–H groups in total. The van der Waals surface area contributed by atoms with E-state index in [0.717, 1.165) is 5.69 Å². The van der Waals surface area contributed by atoms with Crippen LogP contribution in [0.4, 0.5) is 14.9 Å². The van der Waals surface area contributed by atoms with E-state index < -0.39 is 29.3 Å². The molecule has 1 saturated heterocycles. The standard InChI is InChI=1S/C26H33FN4O6/c1-25(2,3)37-24(33)30-26(15-32)16-35-23(36-17-26)9-10-31(20-7-6-19(12-28)29-13-20)14-18-5-8-22(34-4)21(27)11-18/h5-8,11,13,23,32H,9-10,14-17H2,1-4H3,(H,30,33). The van der Waals surface area contributed by atoms with E-state index in [4.69, 9.17) is 24.2 Å². The quantitative estimate of drug-likeness (QED) is 0.517. The van der Waals surface area contributed by atoms with Gasteiger partial charge in [0.15, 0.2) is 17.9 Å². The van der Waals surface area contributed by atoms with Crippen LogP contribution in [-0.2, 0) is 20.8 Å². The smallest absolute Gasteiger partial charge is 0.408 e. The molecule has 37 heavy (non-hydrogen) atoms. The Morgan fingerprint density at radius 3 is 2.59 bits per heavy atom. The molecule has 2 aromatic rings. The van der Waals surface area contributed by atoms with Crippen LogP contribution in [0.15, 0.2) is 36.5 Å².